The summed E-state index contributed by atoms with van der Waals surface area (Å²) in [5.41, 5.74) is -1.21. The van der Waals surface area contributed by atoms with Crippen LogP contribution in [-0.4, -0.2) is 53.6 Å². The molecular formula is C21H21F6N7O3. The van der Waals surface area contributed by atoms with Gasteiger partial charge in [0.1, 0.15) is 5.69 Å². The van der Waals surface area contributed by atoms with E-state index in [9.17, 15) is 36.2 Å². The fraction of sp³-hybridized carbons (Fsp3) is 0.476. The maximum absolute atomic E-state index is 13.9. The third-order valence-corrected chi connectivity index (χ3v) is 5.89. The fourth-order valence-electron chi connectivity index (χ4n) is 3.94. The van der Waals surface area contributed by atoms with Gasteiger partial charge in [0, 0.05) is 19.8 Å². The second kappa shape index (κ2) is 9.32. The highest BCUT2D eigenvalue weighted by molar-refractivity contribution is 5.95. The van der Waals surface area contributed by atoms with Crippen LogP contribution in [0.1, 0.15) is 53.3 Å². The molecule has 4 heterocycles. The minimum Gasteiger partial charge on any atom is -0.416 e. The van der Waals surface area contributed by atoms with Crippen LogP contribution in [0.3, 0.4) is 0 Å². The zero-order valence-corrected chi connectivity index (χ0v) is 19.3. The number of aryl methyl sites for hydroxylation is 1. The summed E-state index contributed by atoms with van der Waals surface area (Å²) in [6.07, 6.45) is -9.44. The van der Waals surface area contributed by atoms with Crippen LogP contribution in [0.2, 0.25) is 0 Å². The summed E-state index contributed by atoms with van der Waals surface area (Å²) in [6, 6.07) is 1.99. The lowest BCUT2D eigenvalue weighted by Crippen LogP contribution is -2.42. The number of aromatic nitrogens is 5. The molecule has 3 aromatic rings. The lowest BCUT2D eigenvalue weighted by molar-refractivity contribution is -0.277. The molecule has 0 fully saturated rings. The second-order valence-corrected chi connectivity index (χ2v) is 8.61. The van der Waals surface area contributed by atoms with Crippen molar-refractivity contribution < 1.29 is 40.7 Å². The van der Waals surface area contributed by atoms with Crippen molar-refractivity contribution in [3.63, 3.8) is 0 Å². The smallest absolute Gasteiger partial charge is 0.416 e. The molecule has 0 saturated heterocycles. The summed E-state index contributed by atoms with van der Waals surface area (Å²) in [5.74, 6) is -3.09. The maximum atomic E-state index is 13.9. The van der Waals surface area contributed by atoms with Gasteiger partial charge in [0.05, 0.1) is 23.5 Å². The third kappa shape index (κ3) is 5.10. The first-order valence-electron chi connectivity index (χ1n) is 11.0. The minimum absolute atomic E-state index is 0.0952. The normalized spacial score (nSPS) is 19.7. The van der Waals surface area contributed by atoms with E-state index in [0.29, 0.717) is 11.8 Å². The molecule has 4 rings (SSSR count). The van der Waals surface area contributed by atoms with Crippen molar-refractivity contribution in [1.29, 1.82) is 0 Å². The zero-order chi connectivity index (χ0) is 27.2. The number of carbonyl (C=O) groups is 1. The molecule has 37 heavy (non-hydrogen) atoms. The Bertz CT molecular complexity index is 1300. The Kier molecular flexibility index (Phi) is 6.64. The van der Waals surface area contributed by atoms with E-state index in [0.717, 1.165) is 4.90 Å². The summed E-state index contributed by atoms with van der Waals surface area (Å²) in [4.78, 5) is 18.2. The molecule has 0 radical (unpaired) electrons. The van der Waals surface area contributed by atoms with Gasteiger partial charge in [-0.15, -0.1) is 10.2 Å². The van der Waals surface area contributed by atoms with E-state index < -0.39 is 64.7 Å². The molecule has 0 aliphatic carbocycles. The van der Waals surface area contributed by atoms with E-state index in [1.165, 1.54) is 4.68 Å². The van der Waals surface area contributed by atoms with E-state index in [4.69, 9.17) is 10.2 Å². The summed E-state index contributed by atoms with van der Waals surface area (Å²) in [5, 5.41) is 21.3. The van der Waals surface area contributed by atoms with Gasteiger partial charge in [0.15, 0.2) is 5.69 Å². The van der Waals surface area contributed by atoms with Gasteiger partial charge < -0.3 is 20.2 Å². The first kappa shape index (κ1) is 26.4. The predicted octanol–water partition coefficient (Wildman–Crippen LogP) is 3.43. The molecule has 4 bridgehead atoms. The molecule has 3 aromatic heterocycles. The summed E-state index contributed by atoms with van der Waals surface area (Å²) < 4.78 is 89.5. The summed E-state index contributed by atoms with van der Waals surface area (Å²) in [6.45, 7) is -0.299. The van der Waals surface area contributed by atoms with Crippen molar-refractivity contribution in [2.45, 2.75) is 50.2 Å². The molecule has 0 unspecified atom stereocenters. The number of rotatable bonds is 2. The number of nitrogens with two attached hydrogens (primary N) is 1. The number of alkyl halides is 6. The largest absolute Gasteiger partial charge is 0.426 e. The number of nitrogens with zero attached hydrogens (tertiary/aromatic N) is 6. The second-order valence-electron chi connectivity index (χ2n) is 8.61. The Morgan fingerprint density at radius 2 is 1.86 bits per heavy atom. The van der Waals surface area contributed by atoms with Crippen LogP contribution in [0.25, 0.3) is 11.6 Å². The zero-order valence-electron chi connectivity index (χ0n) is 19.3. The minimum atomic E-state index is -5.20. The summed E-state index contributed by atoms with van der Waals surface area (Å²) >= 11 is 0. The molecule has 1 amide bonds. The highest BCUT2D eigenvalue weighted by Crippen LogP contribution is 2.43. The molecular weight excluding hydrogens is 512 g/mol. The van der Waals surface area contributed by atoms with Gasteiger partial charge in [0.2, 0.25) is 5.60 Å². The number of aliphatic hydroxyl groups is 1. The Morgan fingerprint density at radius 3 is 2.49 bits per heavy atom. The van der Waals surface area contributed by atoms with Gasteiger partial charge in [-0.05, 0) is 31.4 Å². The predicted molar refractivity (Wildman–Crippen MR) is 113 cm³/mol. The van der Waals surface area contributed by atoms with Crippen molar-refractivity contribution in [3.8, 4) is 11.6 Å². The molecule has 3 N–H and O–H groups in total. The van der Waals surface area contributed by atoms with E-state index in [-0.39, 0.29) is 32.4 Å². The topological polar surface area (TPSA) is 136 Å². The van der Waals surface area contributed by atoms with E-state index in [1.807, 2.05) is 0 Å². The van der Waals surface area contributed by atoms with Crippen LogP contribution in [0.4, 0.5) is 32.0 Å². The van der Waals surface area contributed by atoms with Crippen LogP contribution >= 0.6 is 0 Å². The molecule has 0 saturated carbocycles. The quantitative estimate of drug-likeness (QED) is 0.479. The van der Waals surface area contributed by atoms with Crippen molar-refractivity contribution in [2.24, 2.45) is 7.05 Å². The van der Waals surface area contributed by atoms with Gasteiger partial charge in [-0.3, -0.25) is 9.48 Å². The average molecular weight is 533 g/mol. The highest BCUT2D eigenvalue weighted by Gasteiger charge is 2.58. The van der Waals surface area contributed by atoms with E-state index in [2.05, 4.69) is 20.3 Å². The SMILES string of the molecule is Cn1ccc(CN2CCCCC[C@](O)(C(F)(F)F)c3nnc(o3)-c3nc(c(C(F)(F)F)cc3N)C2=O)n1. The molecule has 0 spiro atoms. The van der Waals surface area contributed by atoms with Crippen LogP contribution in [-0.2, 0) is 25.4 Å². The fourth-order valence-corrected chi connectivity index (χ4v) is 3.94. The standard InChI is InChI=1S/C21H21F6N7O3/c1-33-8-5-11(32-33)10-34-7-4-2-3-6-19(36,21(25,26)27)18-31-30-16(37-18)15-13(28)9-12(20(22,23)24)14(29-15)17(34)35/h5,8-9,36H,2-4,6-7,10,28H2,1H3/t19-/m1/s1. The lowest BCUT2D eigenvalue weighted by Gasteiger charge is -2.27. The first-order valence-corrected chi connectivity index (χ1v) is 11.0. The molecule has 1 aliphatic heterocycles. The molecule has 16 heteroatoms. The highest BCUT2D eigenvalue weighted by atomic mass is 19.4. The van der Waals surface area contributed by atoms with Crippen LogP contribution < -0.4 is 5.73 Å². The first-order chi connectivity index (χ1) is 17.2. The van der Waals surface area contributed by atoms with Crippen LogP contribution in [0.15, 0.2) is 22.7 Å². The maximum Gasteiger partial charge on any atom is 0.426 e. The molecule has 1 aliphatic rings. The third-order valence-electron chi connectivity index (χ3n) is 5.89. The molecule has 0 aromatic carbocycles. The van der Waals surface area contributed by atoms with Gasteiger partial charge in [-0.1, -0.05) is 6.42 Å². The van der Waals surface area contributed by atoms with Crippen LogP contribution in [0.5, 0.6) is 0 Å². The molecule has 10 nitrogen and oxygen atoms in total. The van der Waals surface area contributed by atoms with Gasteiger partial charge in [0.25, 0.3) is 17.7 Å². The van der Waals surface area contributed by atoms with Crippen molar-refractivity contribution in [1.82, 2.24) is 29.9 Å². The van der Waals surface area contributed by atoms with Crippen molar-refractivity contribution in [3.05, 3.63) is 41.2 Å². The Balaban J connectivity index is 1.88. The van der Waals surface area contributed by atoms with E-state index in [1.54, 1.807) is 19.3 Å². The Morgan fingerprint density at radius 1 is 1.14 bits per heavy atom. The number of nitrogen functional groups attached to an aromatic ring is 1. The number of hydrogen-bond donors (Lipinski definition) is 2. The number of hydrogen-bond acceptors (Lipinski definition) is 8. The van der Waals surface area contributed by atoms with Crippen molar-refractivity contribution in [2.75, 3.05) is 12.3 Å². The summed E-state index contributed by atoms with van der Waals surface area (Å²) in [7, 11) is 1.62. The van der Waals surface area contributed by atoms with Gasteiger partial charge in [-0.25, -0.2) is 4.98 Å². The number of pyridine rings is 1. The number of amides is 1. The number of halogens is 6. The average Bonchev–Trinajstić information content (AvgIpc) is 3.44. The van der Waals surface area contributed by atoms with Crippen LogP contribution in [0, 0.1) is 0 Å². The molecule has 200 valence electrons. The Hall–Kier alpha value is -3.69. The van der Waals surface area contributed by atoms with E-state index >= 15 is 0 Å². The van der Waals surface area contributed by atoms with Gasteiger partial charge >= 0.3 is 12.4 Å². The number of carbonyl (C=O) groups excluding carboxylic acids is 1. The monoisotopic (exact) mass is 533 g/mol. The molecule has 1 atom stereocenters. The number of fused-ring (bicyclic) bond motifs is 5. The Labute approximate surface area is 205 Å². The number of anilines is 1. The lowest BCUT2D eigenvalue weighted by atomic mass is 9.95. The van der Waals surface area contributed by atoms with Gasteiger partial charge in [-0.2, -0.15) is 31.4 Å². The van der Waals surface area contributed by atoms with Crippen molar-refractivity contribution >= 4 is 11.6 Å².